The van der Waals surface area contributed by atoms with Crippen molar-refractivity contribution in [3.8, 4) is 0 Å². The Hall–Kier alpha value is -0.130. The third-order valence-corrected chi connectivity index (χ3v) is 2.76. The van der Waals surface area contributed by atoms with Crippen LogP contribution in [-0.2, 0) is 14.8 Å². The van der Waals surface area contributed by atoms with Gasteiger partial charge in [-0.3, -0.25) is 0 Å². The van der Waals surface area contributed by atoms with Gasteiger partial charge in [0.05, 0.1) is 11.4 Å². The molecule has 0 aromatic heterocycles. The molecule has 0 aromatic rings. The van der Waals surface area contributed by atoms with Gasteiger partial charge in [0.1, 0.15) is 0 Å². The molecule has 0 saturated carbocycles. The minimum absolute atomic E-state index is 0.132. The zero-order chi connectivity index (χ0) is 9.12. The van der Waals surface area contributed by atoms with E-state index >= 15 is 0 Å². The lowest BCUT2D eigenvalue weighted by Gasteiger charge is -2.24. The quantitative estimate of drug-likeness (QED) is 0.668. The van der Waals surface area contributed by atoms with Gasteiger partial charge in [0.25, 0.3) is 0 Å². The Kier molecular flexibility index (Phi) is 3.47. The normalized spacial score (nSPS) is 17.8. The van der Waals surface area contributed by atoms with E-state index in [1.54, 1.807) is 6.92 Å². The Bertz CT molecular complexity index is 206. The number of primary sulfonamides is 1. The van der Waals surface area contributed by atoms with Crippen LogP contribution in [0.3, 0.4) is 0 Å². The standard InChI is InChI=1S/C6H15NO3S/c1-4-6(2,10-3)5-11(7,8)9/h4-5H2,1-3H3,(H2,7,8,9). The number of hydrogen-bond donors (Lipinski definition) is 1. The van der Waals surface area contributed by atoms with Gasteiger partial charge in [-0.15, -0.1) is 0 Å². The molecule has 11 heavy (non-hydrogen) atoms. The highest BCUT2D eigenvalue weighted by Crippen LogP contribution is 2.14. The zero-order valence-electron chi connectivity index (χ0n) is 7.12. The summed E-state index contributed by atoms with van der Waals surface area (Å²) in [6, 6.07) is 0. The maximum Gasteiger partial charge on any atom is 0.211 e. The molecule has 0 spiro atoms. The van der Waals surface area contributed by atoms with E-state index in [0.29, 0.717) is 6.42 Å². The molecule has 5 heteroatoms. The number of methoxy groups -OCH3 is 1. The van der Waals surface area contributed by atoms with Crippen molar-refractivity contribution in [2.45, 2.75) is 25.9 Å². The second-order valence-electron chi connectivity index (χ2n) is 2.81. The van der Waals surface area contributed by atoms with Crippen molar-refractivity contribution >= 4 is 10.0 Å². The van der Waals surface area contributed by atoms with Crippen LogP contribution in [-0.4, -0.2) is 26.9 Å². The van der Waals surface area contributed by atoms with E-state index in [9.17, 15) is 8.42 Å². The molecular formula is C6H15NO3S. The highest BCUT2D eigenvalue weighted by atomic mass is 32.2. The fourth-order valence-corrected chi connectivity index (χ4v) is 1.90. The second-order valence-corrected chi connectivity index (χ2v) is 4.43. The summed E-state index contributed by atoms with van der Waals surface area (Å²) in [6.45, 7) is 3.58. The number of rotatable bonds is 4. The minimum Gasteiger partial charge on any atom is -0.377 e. The predicted molar refractivity (Wildman–Crippen MR) is 43.7 cm³/mol. The maximum atomic E-state index is 10.7. The van der Waals surface area contributed by atoms with Crippen molar-refractivity contribution in [1.29, 1.82) is 0 Å². The van der Waals surface area contributed by atoms with Gasteiger partial charge in [0.2, 0.25) is 10.0 Å². The molecule has 0 aromatic carbocycles. The Balaban J connectivity index is 4.32. The molecule has 0 heterocycles. The fourth-order valence-electron chi connectivity index (χ4n) is 0.731. The molecule has 0 rings (SSSR count). The van der Waals surface area contributed by atoms with Crippen LogP contribution < -0.4 is 5.14 Å². The average Bonchev–Trinajstić information content (AvgIpc) is 1.84. The third kappa shape index (κ3) is 4.34. The van der Waals surface area contributed by atoms with E-state index in [1.807, 2.05) is 6.92 Å². The lowest BCUT2D eigenvalue weighted by molar-refractivity contribution is 0.0225. The fraction of sp³-hybridized carbons (Fsp3) is 1.00. The molecule has 1 atom stereocenters. The van der Waals surface area contributed by atoms with E-state index in [1.165, 1.54) is 7.11 Å². The Morgan fingerprint density at radius 2 is 2.00 bits per heavy atom. The molecule has 0 fully saturated rings. The van der Waals surface area contributed by atoms with Crippen molar-refractivity contribution in [1.82, 2.24) is 0 Å². The van der Waals surface area contributed by atoms with Gasteiger partial charge >= 0.3 is 0 Å². The smallest absolute Gasteiger partial charge is 0.211 e. The molecule has 68 valence electrons. The highest BCUT2D eigenvalue weighted by molar-refractivity contribution is 7.89. The topological polar surface area (TPSA) is 69.4 Å². The molecule has 0 aliphatic heterocycles. The van der Waals surface area contributed by atoms with Gasteiger partial charge in [-0.05, 0) is 13.3 Å². The average molecular weight is 181 g/mol. The van der Waals surface area contributed by atoms with E-state index in [2.05, 4.69) is 0 Å². The zero-order valence-corrected chi connectivity index (χ0v) is 7.94. The van der Waals surface area contributed by atoms with E-state index < -0.39 is 15.6 Å². The number of nitrogens with two attached hydrogens (primary N) is 1. The van der Waals surface area contributed by atoms with Crippen LogP contribution in [0.4, 0.5) is 0 Å². The molecular weight excluding hydrogens is 166 g/mol. The molecule has 0 aliphatic rings. The van der Waals surface area contributed by atoms with Gasteiger partial charge in [0, 0.05) is 7.11 Å². The van der Waals surface area contributed by atoms with Crippen molar-refractivity contribution in [3.05, 3.63) is 0 Å². The van der Waals surface area contributed by atoms with Gasteiger partial charge in [-0.1, -0.05) is 6.92 Å². The van der Waals surface area contributed by atoms with Crippen LogP contribution in [0, 0.1) is 0 Å². The van der Waals surface area contributed by atoms with Crippen LogP contribution in [0.5, 0.6) is 0 Å². The van der Waals surface area contributed by atoms with Crippen molar-refractivity contribution in [2.75, 3.05) is 12.9 Å². The number of ether oxygens (including phenoxy) is 1. The summed E-state index contributed by atoms with van der Waals surface area (Å²) < 4.78 is 26.3. The van der Waals surface area contributed by atoms with Gasteiger partial charge < -0.3 is 4.74 Å². The third-order valence-electron chi connectivity index (χ3n) is 1.75. The SMILES string of the molecule is CCC(C)(CS(N)(=O)=O)OC. The van der Waals surface area contributed by atoms with Crippen LogP contribution >= 0.6 is 0 Å². The summed E-state index contributed by atoms with van der Waals surface area (Å²) >= 11 is 0. The largest absolute Gasteiger partial charge is 0.377 e. The lowest BCUT2D eigenvalue weighted by Crippen LogP contribution is -2.38. The summed E-state index contributed by atoms with van der Waals surface area (Å²) in [5.41, 5.74) is -0.645. The molecule has 4 nitrogen and oxygen atoms in total. The Morgan fingerprint density at radius 1 is 1.55 bits per heavy atom. The molecule has 1 unspecified atom stereocenters. The van der Waals surface area contributed by atoms with Crippen LogP contribution in [0.2, 0.25) is 0 Å². The summed E-state index contributed by atoms with van der Waals surface area (Å²) in [5, 5.41) is 4.86. The first-order valence-electron chi connectivity index (χ1n) is 3.38. The predicted octanol–water partition coefficient (Wildman–Crippen LogP) is 0.0900. The van der Waals surface area contributed by atoms with E-state index in [4.69, 9.17) is 9.88 Å². The lowest BCUT2D eigenvalue weighted by atomic mass is 10.1. The number of hydrogen-bond acceptors (Lipinski definition) is 3. The Labute approximate surface area is 67.8 Å². The van der Waals surface area contributed by atoms with Gasteiger partial charge in [-0.2, -0.15) is 0 Å². The first-order valence-corrected chi connectivity index (χ1v) is 5.10. The molecule has 0 aliphatic carbocycles. The van der Waals surface area contributed by atoms with Crippen molar-refractivity contribution < 1.29 is 13.2 Å². The molecule has 0 amide bonds. The minimum atomic E-state index is -3.43. The van der Waals surface area contributed by atoms with Crippen molar-refractivity contribution in [2.24, 2.45) is 5.14 Å². The van der Waals surface area contributed by atoms with Crippen LogP contribution in [0.1, 0.15) is 20.3 Å². The first-order chi connectivity index (χ1) is 4.83. The van der Waals surface area contributed by atoms with E-state index in [0.717, 1.165) is 0 Å². The van der Waals surface area contributed by atoms with Gasteiger partial charge in [0.15, 0.2) is 0 Å². The summed E-state index contributed by atoms with van der Waals surface area (Å²) in [5.74, 6) is -0.132. The summed E-state index contributed by atoms with van der Waals surface area (Å²) in [6.07, 6.45) is 0.625. The number of sulfonamides is 1. The summed E-state index contributed by atoms with van der Waals surface area (Å²) in [4.78, 5) is 0. The molecule has 2 N–H and O–H groups in total. The summed E-state index contributed by atoms with van der Waals surface area (Å²) in [7, 11) is -1.95. The van der Waals surface area contributed by atoms with E-state index in [-0.39, 0.29) is 5.75 Å². The van der Waals surface area contributed by atoms with Crippen molar-refractivity contribution in [3.63, 3.8) is 0 Å². The molecule has 0 bridgehead atoms. The molecule has 0 saturated heterocycles. The van der Waals surface area contributed by atoms with Crippen LogP contribution in [0.15, 0.2) is 0 Å². The Morgan fingerprint density at radius 3 is 2.09 bits per heavy atom. The maximum absolute atomic E-state index is 10.7. The monoisotopic (exact) mass is 181 g/mol. The highest BCUT2D eigenvalue weighted by Gasteiger charge is 2.26. The molecule has 0 radical (unpaired) electrons. The first kappa shape index (κ1) is 10.9. The van der Waals surface area contributed by atoms with Gasteiger partial charge in [-0.25, -0.2) is 13.6 Å². The second kappa shape index (κ2) is 3.51. The van der Waals surface area contributed by atoms with Crippen LogP contribution in [0.25, 0.3) is 0 Å².